The van der Waals surface area contributed by atoms with Crippen LogP contribution < -0.4 is 5.32 Å². The van der Waals surface area contributed by atoms with Crippen molar-refractivity contribution in [2.24, 2.45) is 0 Å². The second kappa shape index (κ2) is 6.38. The monoisotopic (exact) mass is 291 g/mol. The summed E-state index contributed by atoms with van der Waals surface area (Å²) >= 11 is 5.87. The molecule has 1 N–H and O–H groups in total. The Morgan fingerprint density at radius 1 is 1.00 bits per heavy atom. The van der Waals surface area contributed by atoms with Gasteiger partial charge in [-0.1, -0.05) is 61.8 Å². The van der Waals surface area contributed by atoms with E-state index in [9.17, 15) is 4.39 Å². The van der Waals surface area contributed by atoms with Gasteiger partial charge < -0.3 is 5.32 Å². The molecule has 0 heterocycles. The predicted molar refractivity (Wildman–Crippen MR) is 82.8 cm³/mol. The van der Waals surface area contributed by atoms with Crippen molar-refractivity contribution in [2.45, 2.75) is 25.8 Å². The Kier molecular flexibility index (Phi) is 4.79. The molecule has 2 aromatic rings. The first-order valence-electron chi connectivity index (χ1n) is 6.75. The fourth-order valence-corrected chi connectivity index (χ4v) is 2.50. The minimum absolute atomic E-state index is 0.154. The van der Waals surface area contributed by atoms with E-state index in [1.807, 2.05) is 19.2 Å². The first kappa shape index (κ1) is 15.0. The van der Waals surface area contributed by atoms with Gasteiger partial charge in [-0.2, -0.15) is 0 Å². The summed E-state index contributed by atoms with van der Waals surface area (Å²) in [7, 11) is 1.82. The van der Waals surface area contributed by atoms with E-state index in [1.165, 1.54) is 5.56 Å². The van der Waals surface area contributed by atoms with E-state index in [1.54, 1.807) is 18.2 Å². The van der Waals surface area contributed by atoms with Crippen LogP contribution in [0.3, 0.4) is 0 Å². The minimum atomic E-state index is -0.360. The van der Waals surface area contributed by atoms with Gasteiger partial charge in [0.2, 0.25) is 0 Å². The number of hydrogen-bond donors (Lipinski definition) is 1. The molecule has 1 nitrogen and oxygen atoms in total. The number of hydrogen-bond acceptors (Lipinski definition) is 1. The number of rotatable bonds is 4. The van der Waals surface area contributed by atoms with Crippen molar-refractivity contribution in [1.29, 1.82) is 0 Å². The molecule has 0 bridgehead atoms. The molecular weight excluding hydrogens is 273 g/mol. The zero-order valence-electron chi connectivity index (χ0n) is 12.0. The highest BCUT2D eigenvalue weighted by Crippen LogP contribution is 2.28. The number of benzene rings is 2. The molecule has 20 heavy (non-hydrogen) atoms. The highest BCUT2D eigenvalue weighted by atomic mass is 35.5. The van der Waals surface area contributed by atoms with Crippen LogP contribution >= 0.6 is 11.6 Å². The summed E-state index contributed by atoms with van der Waals surface area (Å²) in [4.78, 5) is 0. The van der Waals surface area contributed by atoms with Gasteiger partial charge in [0.1, 0.15) is 5.82 Å². The maximum atomic E-state index is 14.2. The quantitative estimate of drug-likeness (QED) is 0.844. The van der Waals surface area contributed by atoms with Crippen LogP contribution in [0, 0.1) is 5.82 Å². The Bertz CT molecular complexity index is 578. The average Bonchev–Trinajstić information content (AvgIpc) is 2.45. The summed E-state index contributed by atoms with van der Waals surface area (Å²) < 4.78 is 14.2. The Morgan fingerprint density at radius 2 is 1.60 bits per heavy atom. The molecule has 2 rings (SSSR count). The van der Waals surface area contributed by atoms with Crippen LogP contribution in [0.5, 0.6) is 0 Å². The van der Waals surface area contributed by atoms with Crippen molar-refractivity contribution in [3.63, 3.8) is 0 Å². The molecule has 0 saturated carbocycles. The van der Waals surface area contributed by atoms with Gasteiger partial charge in [-0.05, 0) is 30.2 Å². The lowest BCUT2D eigenvalue weighted by molar-refractivity contribution is 0.576. The topological polar surface area (TPSA) is 12.0 Å². The van der Waals surface area contributed by atoms with Crippen LogP contribution in [0.15, 0.2) is 42.5 Å². The van der Waals surface area contributed by atoms with E-state index in [2.05, 4.69) is 31.3 Å². The zero-order valence-corrected chi connectivity index (χ0v) is 12.7. The molecule has 0 aliphatic heterocycles. The molecule has 106 valence electrons. The van der Waals surface area contributed by atoms with Crippen LogP contribution in [0.2, 0.25) is 5.02 Å². The molecule has 0 aliphatic carbocycles. The lowest BCUT2D eigenvalue weighted by Crippen LogP contribution is -2.19. The van der Waals surface area contributed by atoms with Crippen LogP contribution in [0.1, 0.15) is 42.5 Å². The van der Waals surface area contributed by atoms with E-state index < -0.39 is 0 Å². The molecule has 1 atom stereocenters. The largest absolute Gasteiger partial charge is 0.309 e. The summed E-state index contributed by atoms with van der Waals surface area (Å²) in [5.74, 6) is 0.126. The van der Waals surface area contributed by atoms with Crippen molar-refractivity contribution in [3.05, 3.63) is 70.0 Å². The van der Waals surface area contributed by atoms with Gasteiger partial charge in [-0.25, -0.2) is 4.39 Å². The first-order chi connectivity index (χ1) is 9.54. The maximum Gasteiger partial charge on any atom is 0.146 e. The van der Waals surface area contributed by atoms with E-state index in [0.29, 0.717) is 11.5 Å². The molecule has 0 fully saturated rings. The summed E-state index contributed by atoms with van der Waals surface area (Å²) in [6, 6.07) is 13.2. The van der Waals surface area contributed by atoms with Crippen LogP contribution in [-0.4, -0.2) is 7.05 Å². The molecular formula is C17H19ClFN. The second-order valence-electron chi connectivity index (χ2n) is 5.19. The normalized spacial score (nSPS) is 12.7. The van der Waals surface area contributed by atoms with E-state index >= 15 is 0 Å². The highest BCUT2D eigenvalue weighted by Gasteiger charge is 2.17. The fraction of sp³-hybridized carbons (Fsp3) is 0.294. The van der Waals surface area contributed by atoms with Crippen molar-refractivity contribution in [1.82, 2.24) is 5.32 Å². The highest BCUT2D eigenvalue weighted by molar-refractivity contribution is 6.30. The first-order valence-corrected chi connectivity index (χ1v) is 7.13. The van der Waals surface area contributed by atoms with Gasteiger partial charge in [0.15, 0.2) is 0 Å². The van der Waals surface area contributed by atoms with Gasteiger partial charge in [-0.15, -0.1) is 0 Å². The van der Waals surface area contributed by atoms with Crippen molar-refractivity contribution in [3.8, 4) is 0 Å². The molecule has 0 amide bonds. The van der Waals surface area contributed by atoms with Crippen LogP contribution in [0.4, 0.5) is 4.39 Å². The number of halogens is 2. The molecule has 2 aromatic carbocycles. The van der Waals surface area contributed by atoms with E-state index in [0.717, 1.165) is 5.56 Å². The molecule has 0 spiro atoms. The predicted octanol–water partition coefficient (Wildman–Crippen LogP) is 4.91. The smallest absolute Gasteiger partial charge is 0.146 e. The van der Waals surface area contributed by atoms with E-state index in [-0.39, 0.29) is 16.9 Å². The fourth-order valence-electron chi connectivity index (χ4n) is 2.32. The van der Waals surface area contributed by atoms with Gasteiger partial charge in [-0.3, -0.25) is 0 Å². The van der Waals surface area contributed by atoms with Gasteiger partial charge in [0, 0.05) is 5.56 Å². The maximum absolute atomic E-state index is 14.2. The third-order valence-corrected chi connectivity index (χ3v) is 3.81. The summed E-state index contributed by atoms with van der Waals surface area (Å²) in [5.41, 5.74) is 2.87. The Morgan fingerprint density at radius 3 is 2.15 bits per heavy atom. The molecule has 0 aromatic heterocycles. The minimum Gasteiger partial charge on any atom is -0.309 e. The van der Waals surface area contributed by atoms with Crippen LogP contribution in [-0.2, 0) is 0 Å². The van der Waals surface area contributed by atoms with Gasteiger partial charge in [0.25, 0.3) is 0 Å². The third kappa shape index (κ3) is 3.02. The lowest BCUT2D eigenvalue weighted by atomic mass is 9.95. The number of nitrogens with one attached hydrogen (secondary N) is 1. The Labute approximate surface area is 124 Å². The Balaban J connectivity index is 2.39. The zero-order chi connectivity index (χ0) is 14.7. The molecule has 1 unspecified atom stereocenters. The van der Waals surface area contributed by atoms with Gasteiger partial charge in [0.05, 0.1) is 11.1 Å². The molecule has 0 saturated heterocycles. The van der Waals surface area contributed by atoms with Crippen molar-refractivity contribution in [2.75, 3.05) is 7.05 Å². The summed E-state index contributed by atoms with van der Waals surface area (Å²) in [6.45, 7) is 4.31. The average molecular weight is 292 g/mol. The standard InChI is InChI=1S/C17H19ClFN/c1-11(2)12-7-9-13(10-8-12)17(20-3)14-5-4-6-15(18)16(14)19/h4-11,17,20H,1-3H3. The molecule has 0 aliphatic rings. The summed E-state index contributed by atoms with van der Waals surface area (Å²) in [5, 5.41) is 3.31. The van der Waals surface area contributed by atoms with Gasteiger partial charge >= 0.3 is 0 Å². The van der Waals surface area contributed by atoms with Crippen LogP contribution in [0.25, 0.3) is 0 Å². The molecule has 3 heteroatoms. The SMILES string of the molecule is CNC(c1ccc(C(C)C)cc1)c1cccc(Cl)c1F. The third-order valence-electron chi connectivity index (χ3n) is 3.52. The van der Waals surface area contributed by atoms with E-state index in [4.69, 9.17) is 11.6 Å². The lowest BCUT2D eigenvalue weighted by Gasteiger charge is -2.19. The Hall–Kier alpha value is -1.38. The molecule has 0 radical (unpaired) electrons. The summed E-state index contributed by atoms with van der Waals surface area (Å²) in [6.07, 6.45) is 0. The second-order valence-corrected chi connectivity index (χ2v) is 5.59. The van der Waals surface area contributed by atoms with Crippen molar-refractivity contribution < 1.29 is 4.39 Å². The van der Waals surface area contributed by atoms with Crippen molar-refractivity contribution >= 4 is 11.6 Å².